The smallest absolute Gasteiger partial charge is 0.0357 e. The van der Waals surface area contributed by atoms with Gasteiger partial charge in [0.2, 0.25) is 0 Å². The number of hydrogen-bond donors (Lipinski definition) is 2. The zero-order valence-corrected chi connectivity index (χ0v) is 5.35. The Bertz CT molecular complexity index is 59.8. The molecule has 0 rings (SSSR count). The maximum absolute atomic E-state index is 5.28. The molecule has 0 aromatic rings. The molecule has 0 saturated heterocycles. The SMILES string of the molecule is CC(N)C(N)=[SiH2]. The summed E-state index contributed by atoms with van der Waals surface area (Å²) in [6.45, 7) is 1.86. The van der Waals surface area contributed by atoms with Crippen LogP contribution < -0.4 is 11.5 Å². The molecule has 36 valence electrons. The Balaban J connectivity index is 3.26. The first-order valence-electron chi connectivity index (χ1n) is 1.84. The van der Waals surface area contributed by atoms with Gasteiger partial charge in [0.15, 0.2) is 0 Å². The molecule has 1 atom stereocenters. The molecule has 0 bridgehead atoms. The van der Waals surface area contributed by atoms with E-state index < -0.39 is 0 Å². The van der Waals surface area contributed by atoms with Crippen molar-refractivity contribution in [2.45, 2.75) is 13.0 Å². The highest BCUT2D eigenvalue weighted by molar-refractivity contribution is 6.38. The van der Waals surface area contributed by atoms with Crippen molar-refractivity contribution in [1.82, 2.24) is 0 Å². The summed E-state index contributed by atoms with van der Waals surface area (Å²) in [7, 11) is 1.63. The molecular formula is C3H10N2Si. The Labute approximate surface area is 40.6 Å². The van der Waals surface area contributed by atoms with Gasteiger partial charge in [0.25, 0.3) is 0 Å². The lowest BCUT2D eigenvalue weighted by molar-refractivity contribution is 0.979. The minimum Gasteiger partial charge on any atom is -0.405 e. The molecule has 3 heteroatoms. The molecule has 0 amide bonds. The molecule has 4 N–H and O–H groups in total. The van der Waals surface area contributed by atoms with Crippen molar-refractivity contribution in [1.29, 1.82) is 0 Å². The minimum atomic E-state index is 0.0586. The third-order valence-corrected chi connectivity index (χ3v) is 1.23. The lowest BCUT2D eigenvalue weighted by Crippen LogP contribution is -2.33. The zero-order valence-electron chi connectivity index (χ0n) is 3.94. The Morgan fingerprint density at radius 1 is 1.83 bits per heavy atom. The van der Waals surface area contributed by atoms with Crippen LogP contribution >= 0.6 is 0 Å². The third kappa shape index (κ3) is 2.11. The van der Waals surface area contributed by atoms with Crippen LogP contribution in [0.4, 0.5) is 0 Å². The van der Waals surface area contributed by atoms with E-state index in [1.54, 1.807) is 9.85 Å². The third-order valence-electron chi connectivity index (χ3n) is 0.585. The summed E-state index contributed by atoms with van der Waals surface area (Å²) in [4.78, 5) is 0. The van der Waals surface area contributed by atoms with Gasteiger partial charge in [-0.05, 0) is 12.2 Å². The molecule has 1 unspecified atom stereocenters. The van der Waals surface area contributed by atoms with Gasteiger partial charge in [-0.3, -0.25) is 0 Å². The van der Waals surface area contributed by atoms with Gasteiger partial charge in [0, 0.05) is 15.9 Å². The predicted molar refractivity (Wildman–Crippen MR) is 31.4 cm³/mol. The van der Waals surface area contributed by atoms with Crippen molar-refractivity contribution in [3.8, 4) is 0 Å². The van der Waals surface area contributed by atoms with E-state index >= 15 is 0 Å². The summed E-state index contributed by atoms with van der Waals surface area (Å²) in [6.07, 6.45) is 0. The lowest BCUT2D eigenvalue weighted by atomic mass is 10.4. The van der Waals surface area contributed by atoms with Crippen LogP contribution in [0.3, 0.4) is 0 Å². The number of hydrogen-bond acceptors (Lipinski definition) is 2. The fourth-order valence-corrected chi connectivity index (χ4v) is 0. The van der Waals surface area contributed by atoms with Gasteiger partial charge in [0.05, 0.1) is 0 Å². The minimum absolute atomic E-state index is 0.0586. The summed E-state index contributed by atoms with van der Waals surface area (Å²) in [5.41, 5.74) is 10.5. The van der Waals surface area contributed by atoms with Gasteiger partial charge < -0.3 is 11.5 Å². The largest absolute Gasteiger partial charge is 0.405 e. The number of rotatable bonds is 1. The second-order valence-electron chi connectivity index (χ2n) is 1.36. The van der Waals surface area contributed by atoms with E-state index in [9.17, 15) is 0 Å². The molecule has 0 aliphatic rings. The summed E-state index contributed by atoms with van der Waals surface area (Å²) in [5.74, 6) is 0. The molecule has 0 aliphatic heterocycles. The normalized spacial score (nSPS) is 13.7. The van der Waals surface area contributed by atoms with E-state index in [2.05, 4.69) is 0 Å². The summed E-state index contributed by atoms with van der Waals surface area (Å²) in [6, 6.07) is 0.0586. The lowest BCUT2D eigenvalue weighted by Gasteiger charge is -1.99. The molecule has 0 heterocycles. The first-order chi connectivity index (χ1) is 2.64. The highest BCUT2D eigenvalue weighted by atomic mass is 28.1. The van der Waals surface area contributed by atoms with Crippen molar-refractivity contribution >= 4 is 15.1 Å². The van der Waals surface area contributed by atoms with E-state index in [1.807, 2.05) is 6.92 Å². The van der Waals surface area contributed by atoms with E-state index in [1.165, 1.54) is 0 Å². The molecule has 2 nitrogen and oxygen atoms in total. The van der Waals surface area contributed by atoms with Gasteiger partial charge in [-0.15, -0.1) is 0 Å². The summed E-state index contributed by atoms with van der Waals surface area (Å²) < 4.78 is 0. The van der Waals surface area contributed by atoms with Crippen LogP contribution in [0.5, 0.6) is 0 Å². The van der Waals surface area contributed by atoms with Gasteiger partial charge in [-0.1, -0.05) is 0 Å². The van der Waals surface area contributed by atoms with Crippen LogP contribution in [0, 0.1) is 0 Å². The van der Waals surface area contributed by atoms with Gasteiger partial charge in [-0.25, -0.2) is 0 Å². The van der Waals surface area contributed by atoms with Crippen molar-refractivity contribution < 1.29 is 0 Å². The van der Waals surface area contributed by atoms with E-state index in [-0.39, 0.29) is 6.04 Å². The van der Waals surface area contributed by atoms with Crippen molar-refractivity contribution in [3.05, 3.63) is 0 Å². The Hall–Kier alpha value is -0.153. The number of nitrogens with two attached hydrogens (primary N) is 2. The first kappa shape index (κ1) is 5.85. The monoisotopic (exact) mass is 102 g/mol. The van der Waals surface area contributed by atoms with Crippen molar-refractivity contribution in [2.24, 2.45) is 11.5 Å². The van der Waals surface area contributed by atoms with Crippen LogP contribution in [0.25, 0.3) is 0 Å². The highest BCUT2D eigenvalue weighted by Crippen LogP contribution is 1.63. The fourth-order valence-electron chi connectivity index (χ4n) is 0. The average Bonchev–Trinajstić information content (AvgIpc) is 1.36. The maximum Gasteiger partial charge on any atom is 0.0357 e. The molecule has 0 saturated carbocycles. The summed E-state index contributed by atoms with van der Waals surface area (Å²) in [5, 5.41) is 0.815. The molecule has 0 aromatic carbocycles. The quantitative estimate of drug-likeness (QED) is 0.378. The molecule has 0 aromatic heterocycles. The zero-order chi connectivity index (χ0) is 5.15. The summed E-state index contributed by atoms with van der Waals surface area (Å²) >= 11 is 0. The standard InChI is InChI=1S/C3H10N2Si/c1-2(4)3(5)6/h2H,4-6H2,1H3. The molecule has 0 aliphatic carbocycles. The van der Waals surface area contributed by atoms with E-state index in [4.69, 9.17) is 11.5 Å². The topological polar surface area (TPSA) is 52.0 Å². The highest BCUT2D eigenvalue weighted by Gasteiger charge is 1.87. The fraction of sp³-hybridized carbons (Fsp3) is 0.667. The molecule has 0 spiro atoms. The van der Waals surface area contributed by atoms with E-state index in [0.717, 1.165) is 5.29 Å². The average molecular weight is 102 g/mol. The van der Waals surface area contributed by atoms with Crippen LogP contribution in [-0.4, -0.2) is 21.2 Å². The first-order valence-corrected chi connectivity index (χ1v) is 2.55. The predicted octanol–water partition coefficient (Wildman–Crippen LogP) is -1.94. The van der Waals surface area contributed by atoms with Gasteiger partial charge in [0.1, 0.15) is 0 Å². The Morgan fingerprint density at radius 3 is 2.00 bits per heavy atom. The van der Waals surface area contributed by atoms with Crippen molar-refractivity contribution in [2.75, 3.05) is 0 Å². The van der Waals surface area contributed by atoms with Gasteiger partial charge >= 0.3 is 0 Å². The molecular weight excluding hydrogens is 92.1 g/mol. The molecule has 0 radical (unpaired) electrons. The van der Waals surface area contributed by atoms with Crippen molar-refractivity contribution in [3.63, 3.8) is 0 Å². The molecule has 6 heavy (non-hydrogen) atoms. The van der Waals surface area contributed by atoms with Crippen LogP contribution in [0.15, 0.2) is 0 Å². The Morgan fingerprint density at radius 2 is 2.00 bits per heavy atom. The second-order valence-corrected chi connectivity index (χ2v) is 2.18. The second kappa shape index (κ2) is 2.10. The van der Waals surface area contributed by atoms with E-state index in [0.29, 0.717) is 0 Å². The van der Waals surface area contributed by atoms with Crippen LogP contribution in [0.1, 0.15) is 6.92 Å². The molecule has 0 fully saturated rings. The van der Waals surface area contributed by atoms with Gasteiger partial charge in [-0.2, -0.15) is 0 Å². The van der Waals surface area contributed by atoms with Crippen LogP contribution in [0.2, 0.25) is 0 Å². The maximum atomic E-state index is 5.28. The Kier molecular flexibility index (Phi) is 2.04. The van der Waals surface area contributed by atoms with Crippen LogP contribution in [-0.2, 0) is 0 Å².